The SMILES string of the molecule is CC(C)(C)C1CCSC(Nc2ccc(C#N)cc2Cl)=N1. The first kappa shape index (κ1) is 15.2. The van der Waals surface area contributed by atoms with Gasteiger partial charge in [-0.3, -0.25) is 4.99 Å². The van der Waals surface area contributed by atoms with E-state index in [0.717, 1.165) is 23.0 Å². The molecule has 0 spiro atoms. The van der Waals surface area contributed by atoms with Gasteiger partial charge in [-0.15, -0.1) is 0 Å². The molecule has 20 heavy (non-hydrogen) atoms. The maximum Gasteiger partial charge on any atom is 0.161 e. The van der Waals surface area contributed by atoms with E-state index in [0.29, 0.717) is 16.6 Å². The number of hydrogen-bond acceptors (Lipinski definition) is 4. The normalized spacial score (nSPS) is 19.1. The largest absolute Gasteiger partial charge is 0.334 e. The Balaban J connectivity index is 2.18. The van der Waals surface area contributed by atoms with Crippen molar-refractivity contribution in [3.8, 4) is 6.07 Å². The lowest BCUT2D eigenvalue weighted by molar-refractivity contribution is 0.316. The third-order valence-electron chi connectivity index (χ3n) is 3.24. The molecule has 1 aliphatic heterocycles. The highest BCUT2D eigenvalue weighted by Crippen LogP contribution is 2.32. The van der Waals surface area contributed by atoms with E-state index >= 15 is 0 Å². The second-order valence-electron chi connectivity index (χ2n) is 5.88. The van der Waals surface area contributed by atoms with Gasteiger partial charge in [-0.2, -0.15) is 5.26 Å². The number of nitrogens with zero attached hydrogens (tertiary/aromatic N) is 2. The number of thioether (sulfide) groups is 1. The van der Waals surface area contributed by atoms with Crippen LogP contribution >= 0.6 is 23.4 Å². The van der Waals surface area contributed by atoms with Crippen molar-refractivity contribution in [2.24, 2.45) is 10.4 Å². The Labute approximate surface area is 129 Å². The predicted molar refractivity (Wildman–Crippen MR) is 87.5 cm³/mol. The van der Waals surface area contributed by atoms with Gasteiger partial charge in [0.1, 0.15) is 0 Å². The van der Waals surface area contributed by atoms with Crippen LogP contribution in [-0.4, -0.2) is 17.0 Å². The summed E-state index contributed by atoms with van der Waals surface area (Å²) in [5.41, 5.74) is 1.53. The minimum Gasteiger partial charge on any atom is -0.334 e. The second-order valence-corrected chi connectivity index (χ2v) is 7.38. The van der Waals surface area contributed by atoms with Crippen LogP contribution in [0.15, 0.2) is 23.2 Å². The van der Waals surface area contributed by atoms with Crippen LogP contribution in [-0.2, 0) is 0 Å². The predicted octanol–water partition coefficient (Wildman–Crippen LogP) is 4.53. The fourth-order valence-electron chi connectivity index (χ4n) is 2.01. The lowest BCUT2D eigenvalue weighted by Gasteiger charge is -2.31. The number of hydrogen-bond donors (Lipinski definition) is 1. The maximum atomic E-state index is 8.84. The van der Waals surface area contributed by atoms with Crippen LogP contribution in [0, 0.1) is 16.7 Å². The maximum absolute atomic E-state index is 8.84. The summed E-state index contributed by atoms with van der Waals surface area (Å²) in [6.45, 7) is 6.64. The minimum atomic E-state index is 0.169. The van der Waals surface area contributed by atoms with E-state index in [2.05, 4.69) is 32.2 Å². The van der Waals surface area contributed by atoms with Gasteiger partial charge in [0, 0.05) is 5.75 Å². The molecule has 1 heterocycles. The van der Waals surface area contributed by atoms with Crippen molar-refractivity contribution >= 4 is 34.2 Å². The molecule has 1 aromatic carbocycles. The lowest BCUT2D eigenvalue weighted by Crippen LogP contribution is -2.30. The zero-order chi connectivity index (χ0) is 14.8. The summed E-state index contributed by atoms with van der Waals surface area (Å²) in [5, 5.41) is 13.6. The molecule has 1 N–H and O–H groups in total. The third kappa shape index (κ3) is 3.68. The molecule has 0 amide bonds. The van der Waals surface area contributed by atoms with Gasteiger partial charge in [0.15, 0.2) is 5.17 Å². The van der Waals surface area contributed by atoms with Crippen LogP contribution in [0.25, 0.3) is 0 Å². The van der Waals surface area contributed by atoms with Crippen molar-refractivity contribution in [2.75, 3.05) is 11.1 Å². The Hall–Kier alpha value is -1.18. The molecule has 1 atom stereocenters. The Morgan fingerprint density at radius 2 is 2.20 bits per heavy atom. The molecule has 1 unspecified atom stereocenters. The van der Waals surface area contributed by atoms with Crippen molar-refractivity contribution in [2.45, 2.75) is 33.2 Å². The average molecular weight is 308 g/mol. The van der Waals surface area contributed by atoms with Gasteiger partial charge in [-0.05, 0) is 30.0 Å². The van der Waals surface area contributed by atoms with Crippen molar-refractivity contribution in [3.63, 3.8) is 0 Å². The van der Waals surface area contributed by atoms with Gasteiger partial charge in [0.25, 0.3) is 0 Å². The van der Waals surface area contributed by atoms with Gasteiger partial charge in [0.05, 0.1) is 28.4 Å². The molecule has 0 fully saturated rings. The van der Waals surface area contributed by atoms with Gasteiger partial charge < -0.3 is 5.32 Å². The first-order chi connectivity index (χ1) is 9.40. The van der Waals surface area contributed by atoms with E-state index in [1.165, 1.54) is 0 Å². The molecule has 2 rings (SSSR count). The van der Waals surface area contributed by atoms with E-state index in [1.54, 1.807) is 23.9 Å². The smallest absolute Gasteiger partial charge is 0.161 e. The highest BCUT2D eigenvalue weighted by molar-refractivity contribution is 8.14. The van der Waals surface area contributed by atoms with Gasteiger partial charge in [0.2, 0.25) is 0 Å². The van der Waals surface area contributed by atoms with Crippen LogP contribution in [0.1, 0.15) is 32.8 Å². The van der Waals surface area contributed by atoms with Crippen LogP contribution in [0.5, 0.6) is 0 Å². The van der Waals surface area contributed by atoms with Crippen LogP contribution in [0.3, 0.4) is 0 Å². The third-order valence-corrected chi connectivity index (χ3v) is 4.48. The number of rotatable bonds is 1. The lowest BCUT2D eigenvalue weighted by atomic mass is 9.85. The molecule has 0 saturated carbocycles. The summed E-state index contributed by atoms with van der Waals surface area (Å²) in [6, 6.07) is 7.64. The van der Waals surface area contributed by atoms with Crippen molar-refractivity contribution in [1.29, 1.82) is 5.26 Å². The molecule has 0 bridgehead atoms. The van der Waals surface area contributed by atoms with Crippen LogP contribution < -0.4 is 5.32 Å². The van der Waals surface area contributed by atoms with Gasteiger partial charge >= 0.3 is 0 Å². The molecule has 106 valence electrons. The Morgan fingerprint density at radius 1 is 1.45 bits per heavy atom. The summed E-state index contributed by atoms with van der Waals surface area (Å²) in [6.07, 6.45) is 1.10. The molecule has 3 nitrogen and oxygen atoms in total. The molecule has 0 radical (unpaired) electrons. The second kappa shape index (κ2) is 6.07. The van der Waals surface area contributed by atoms with E-state index in [1.807, 2.05) is 6.07 Å². The van der Waals surface area contributed by atoms with Crippen molar-refractivity contribution < 1.29 is 0 Å². The zero-order valence-corrected chi connectivity index (χ0v) is 13.5. The fraction of sp³-hybridized carbons (Fsp3) is 0.467. The number of nitriles is 1. The summed E-state index contributed by atoms with van der Waals surface area (Å²) >= 11 is 7.89. The molecular weight excluding hydrogens is 290 g/mol. The van der Waals surface area contributed by atoms with Gasteiger partial charge in [-0.25, -0.2) is 0 Å². The van der Waals surface area contributed by atoms with E-state index in [9.17, 15) is 0 Å². The van der Waals surface area contributed by atoms with E-state index in [4.69, 9.17) is 21.9 Å². The Morgan fingerprint density at radius 3 is 2.80 bits per heavy atom. The van der Waals surface area contributed by atoms with E-state index in [-0.39, 0.29) is 5.41 Å². The number of anilines is 1. The summed E-state index contributed by atoms with van der Waals surface area (Å²) in [5.74, 6) is 1.06. The topological polar surface area (TPSA) is 48.2 Å². The molecule has 0 aromatic heterocycles. The fourth-order valence-corrected chi connectivity index (χ4v) is 3.15. The van der Waals surface area contributed by atoms with E-state index < -0.39 is 0 Å². The molecular formula is C15H18ClN3S. The van der Waals surface area contributed by atoms with Crippen LogP contribution in [0.4, 0.5) is 5.69 Å². The Kier molecular flexibility index (Phi) is 4.62. The zero-order valence-electron chi connectivity index (χ0n) is 11.9. The van der Waals surface area contributed by atoms with Crippen molar-refractivity contribution in [1.82, 2.24) is 0 Å². The minimum absolute atomic E-state index is 0.169. The summed E-state index contributed by atoms with van der Waals surface area (Å²) in [4.78, 5) is 4.78. The number of nitrogens with one attached hydrogen (secondary N) is 1. The highest BCUT2D eigenvalue weighted by Gasteiger charge is 2.27. The number of aliphatic imine (C=N–C) groups is 1. The Bertz CT molecular complexity index is 569. The summed E-state index contributed by atoms with van der Waals surface area (Å²) < 4.78 is 0. The molecule has 0 saturated heterocycles. The molecule has 1 aliphatic rings. The molecule has 1 aromatic rings. The standard InChI is InChI=1S/C15H18ClN3S/c1-15(2,3)13-6-7-20-14(19-13)18-12-5-4-10(9-17)8-11(12)16/h4-5,8,13H,6-7H2,1-3H3,(H,18,19). The molecule has 5 heteroatoms. The highest BCUT2D eigenvalue weighted by atomic mass is 35.5. The quantitative estimate of drug-likeness (QED) is 0.829. The average Bonchev–Trinajstić information content (AvgIpc) is 2.40. The first-order valence-corrected chi connectivity index (χ1v) is 7.94. The number of amidine groups is 1. The van der Waals surface area contributed by atoms with Crippen molar-refractivity contribution in [3.05, 3.63) is 28.8 Å². The summed E-state index contributed by atoms with van der Waals surface area (Å²) in [7, 11) is 0. The van der Waals surface area contributed by atoms with Crippen LogP contribution in [0.2, 0.25) is 5.02 Å². The number of benzene rings is 1. The monoisotopic (exact) mass is 307 g/mol. The van der Waals surface area contributed by atoms with Gasteiger partial charge in [-0.1, -0.05) is 44.1 Å². The number of halogens is 1. The molecule has 0 aliphatic carbocycles. The first-order valence-electron chi connectivity index (χ1n) is 6.57.